The van der Waals surface area contributed by atoms with E-state index in [4.69, 9.17) is 4.74 Å². The van der Waals surface area contributed by atoms with Crippen LogP contribution in [-0.2, 0) is 14.4 Å². The molecule has 3 fully saturated rings. The van der Waals surface area contributed by atoms with Crippen molar-refractivity contribution in [1.29, 1.82) is 0 Å². The zero-order valence-corrected chi connectivity index (χ0v) is 32.9. The number of fused-ring (bicyclic) bond motifs is 1. The molecule has 7 atom stereocenters. The lowest BCUT2D eigenvalue weighted by Crippen LogP contribution is -2.58. The molecule has 1 spiro atoms. The third-order valence-corrected chi connectivity index (χ3v) is 13.7. The van der Waals surface area contributed by atoms with E-state index in [1.807, 2.05) is 69.3 Å². The number of rotatable bonds is 17. The molecule has 51 heavy (non-hydrogen) atoms. The smallest absolute Gasteiger partial charge is 0.251 e. The molecule has 2 aromatic carbocycles. The van der Waals surface area contributed by atoms with Crippen molar-refractivity contribution < 1.29 is 24.2 Å². The van der Waals surface area contributed by atoms with E-state index in [0.29, 0.717) is 36.6 Å². The quantitative estimate of drug-likeness (QED) is 0.144. The Morgan fingerprint density at radius 2 is 1.53 bits per heavy atom. The molecule has 9 nitrogen and oxygen atoms in total. The molecule has 276 valence electrons. The van der Waals surface area contributed by atoms with Gasteiger partial charge in [0, 0.05) is 53.3 Å². The molecule has 3 saturated heterocycles. The van der Waals surface area contributed by atoms with Gasteiger partial charge in [0.15, 0.2) is 0 Å². The second kappa shape index (κ2) is 16.6. The molecule has 3 heterocycles. The number of nitrogens with zero attached hydrogens (tertiary/aromatic N) is 4. The summed E-state index contributed by atoms with van der Waals surface area (Å²) in [6, 6.07) is 13.9. The highest BCUT2D eigenvalue weighted by atomic mass is 79.9. The van der Waals surface area contributed by atoms with Crippen molar-refractivity contribution in [3.8, 4) is 5.75 Å². The molecule has 11 heteroatoms. The Balaban J connectivity index is 1.59. The molecule has 3 aliphatic heterocycles. The van der Waals surface area contributed by atoms with Crippen LogP contribution in [-0.4, -0.2) is 94.0 Å². The Bertz CT molecular complexity index is 1570. The van der Waals surface area contributed by atoms with E-state index in [1.165, 1.54) is 0 Å². The second-order valence-corrected chi connectivity index (χ2v) is 16.7. The predicted molar refractivity (Wildman–Crippen MR) is 212 cm³/mol. The number of carbonyl (C=O) groups excluding carboxylic acids is 3. The monoisotopic (exact) mass is 780 g/mol. The molecular formula is C40H53BrN4O5S. The standard InChI is InChI=1S/C40H53BrN4O5S/c1-8-21-43(29-17-19-31(20-18-29)50-12-5)37(47)33-34-38(48)45(30(25-46)23-26(6)7)36(40(34)24-32(41)35(33)51-40)39(49)44(22-9-2)28-15-13-27(14-16-28)42(10-3)11-4/h8-9,13-20,26,30,32-36,46H,1-2,10-12,21-25H2,3-7H3/t30-,32?,33-,34+,35-,36?,40?/m1/s1. The van der Waals surface area contributed by atoms with Crippen LogP contribution in [0.1, 0.15) is 47.5 Å². The first-order valence-corrected chi connectivity index (χ1v) is 20.0. The van der Waals surface area contributed by atoms with Crippen LogP contribution < -0.4 is 19.4 Å². The van der Waals surface area contributed by atoms with Crippen LogP contribution >= 0.6 is 27.7 Å². The van der Waals surface area contributed by atoms with Gasteiger partial charge in [-0.15, -0.1) is 24.9 Å². The summed E-state index contributed by atoms with van der Waals surface area (Å²) in [4.78, 5) is 52.3. The highest BCUT2D eigenvalue weighted by Gasteiger charge is 2.76. The Morgan fingerprint density at radius 3 is 2.04 bits per heavy atom. The van der Waals surface area contributed by atoms with Gasteiger partial charge in [-0.3, -0.25) is 14.4 Å². The minimum Gasteiger partial charge on any atom is -0.494 e. The van der Waals surface area contributed by atoms with Gasteiger partial charge in [-0.05, 0) is 88.1 Å². The summed E-state index contributed by atoms with van der Waals surface area (Å²) in [7, 11) is 0. The molecule has 0 radical (unpaired) electrons. The Kier molecular flexibility index (Phi) is 12.7. The van der Waals surface area contributed by atoms with Gasteiger partial charge in [0.05, 0.1) is 35.8 Å². The van der Waals surface area contributed by atoms with E-state index in [-0.39, 0.29) is 53.4 Å². The summed E-state index contributed by atoms with van der Waals surface area (Å²) < 4.78 is 4.76. The third-order valence-electron chi connectivity index (χ3n) is 10.5. The lowest BCUT2D eigenvalue weighted by atomic mass is 9.70. The number of thioether (sulfide) groups is 1. The van der Waals surface area contributed by atoms with Gasteiger partial charge in [0.25, 0.3) is 5.91 Å². The van der Waals surface area contributed by atoms with E-state index in [0.717, 1.165) is 18.8 Å². The molecular weight excluding hydrogens is 728 g/mol. The summed E-state index contributed by atoms with van der Waals surface area (Å²) in [5.41, 5.74) is 2.46. The largest absolute Gasteiger partial charge is 0.494 e. The maximum atomic E-state index is 15.2. The number of likely N-dealkylation sites (tertiary alicyclic amines) is 1. The average molecular weight is 782 g/mol. The SMILES string of the molecule is C=CCN(C(=O)C1N([C@@H](CO)CC(C)C)C(=O)[C@@H]2[C@@H](C(=O)N(CC=C)c3ccc(OCC)cc3)[C@@H]3SC12CC3Br)c1ccc(N(CC)CC)cc1. The number of anilines is 3. The summed E-state index contributed by atoms with van der Waals surface area (Å²) >= 11 is 5.52. The molecule has 1 N–H and O–H groups in total. The average Bonchev–Trinajstić information content (AvgIpc) is 3.72. The third kappa shape index (κ3) is 7.22. The van der Waals surface area contributed by atoms with Crippen molar-refractivity contribution in [2.24, 2.45) is 17.8 Å². The molecule has 0 aromatic heterocycles. The minimum atomic E-state index is -0.889. The number of hydrogen-bond donors (Lipinski definition) is 1. The molecule has 5 rings (SSSR count). The minimum absolute atomic E-state index is 0.0967. The highest BCUT2D eigenvalue weighted by molar-refractivity contribution is 9.09. The number of halogens is 1. The summed E-state index contributed by atoms with van der Waals surface area (Å²) in [5.74, 6) is -1.19. The summed E-state index contributed by atoms with van der Waals surface area (Å²) in [6.45, 7) is 20.6. The van der Waals surface area contributed by atoms with E-state index >= 15 is 9.59 Å². The zero-order valence-electron chi connectivity index (χ0n) is 30.5. The molecule has 3 amide bonds. The fraction of sp³-hybridized carbons (Fsp3) is 0.525. The Labute approximate surface area is 316 Å². The van der Waals surface area contributed by atoms with Gasteiger partial charge in [-0.1, -0.05) is 41.9 Å². The molecule has 2 bridgehead atoms. The highest BCUT2D eigenvalue weighted by Crippen LogP contribution is 2.68. The van der Waals surface area contributed by atoms with Crippen LogP contribution in [0, 0.1) is 17.8 Å². The number of benzene rings is 2. The van der Waals surface area contributed by atoms with Gasteiger partial charge >= 0.3 is 0 Å². The van der Waals surface area contributed by atoms with Crippen molar-refractivity contribution in [2.75, 3.05) is 54.1 Å². The number of alkyl halides is 1. The predicted octanol–water partition coefficient (Wildman–Crippen LogP) is 6.54. The number of carbonyl (C=O) groups is 3. The lowest BCUT2D eigenvalue weighted by Gasteiger charge is -2.40. The molecule has 3 unspecified atom stereocenters. The number of amides is 3. The number of hydrogen-bond acceptors (Lipinski definition) is 7. The van der Waals surface area contributed by atoms with E-state index in [1.54, 1.807) is 38.6 Å². The number of aliphatic hydroxyl groups is 1. The first-order chi connectivity index (χ1) is 24.5. The lowest BCUT2D eigenvalue weighted by molar-refractivity contribution is -0.142. The topological polar surface area (TPSA) is 93.6 Å². The Hall–Kier alpha value is -3.28. The number of aliphatic hydroxyl groups excluding tert-OH is 1. The molecule has 3 aliphatic rings. The van der Waals surface area contributed by atoms with Crippen LogP contribution in [0.5, 0.6) is 5.75 Å². The fourth-order valence-corrected chi connectivity index (χ4v) is 12.0. The maximum absolute atomic E-state index is 15.2. The summed E-state index contributed by atoms with van der Waals surface area (Å²) in [5, 5.41) is 10.6. The normalized spacial score (nSPS) is 25.5. The molecule has 0 aliphatic carbocycles. The van der Waals surface area contributed by atoms with Gasteiger partial charge < -0.3 is 29.4 Å². The van der Waals surface area contributed by atoms with Crippen LogP contribution in [0.25, 0.3) is 0 Å². The van der Waals surface area contributed by atoms with Gasteiger partial charge in [0.2, 0.25) is 11.8 Å². The van der Waals surface area contributed by atoms with Crippen molar-refractivity contribution in [1.82, 2.24) is 4.90 Å². The van der Waals surface area contributed by atoms with E-state index in [9.17, 15) is 9.90 Å². The van der Waals surface area contributed by atoms with Gasteiger partial charge in [-0.2, -0.15) is 0 Å². The van der Waals surface area contributed by atoms with Gasteiger partial charge in [-0.25, -0.2) is 0 Å². The van der Waals surface area contributed by atoms with Crippen LogP contribution in [0.3, 0.4) is 0 Å². The van der Waals surface area contributed by atoms with Crippen LogP contribution in [0.15, 0.2) is 73.8 Å². The van der Waals surface area contributed by atoms with Crippen molar-refractivity contribution >= 4 is 62.5 Å². The molecule has 0 saturated carbocycles. The first-order valence-electron chi connectivity index (χ1n) is 18.2. The number of ether oxygens (including phenoxy) is 1. The van der Waals surface area contributed by atoms with Crippen molar-refractivity contribution in [2.45, 2.75) is 74.4 Å². The Morgan fingerprint density at radius 1 is 0.980 bits per heavy atom. The van der Waals surface area contributed by atoms with E-state index < -0.39 is 28.7 Å². The van der Waals surface area contributed by atoms with Crippen LogP contribution in [0.4, 0.5) is 17.1 Å². The zero-order chi connectivity index (χ0) is 37.0. The summed E-state index contributed by atoms with van der Waals surface area (Å²) in [6.07, 6.45) is 4.46. The maximum Gasteiger partial charge on any atom is 0.251 e. The second-order valence-electron chi connectivity index (χ2n) is 14.0. The van der Waals surface area contributed by atoms with E-state index in [2.05, 4.69) is 47.8 Å². The molecule has 2 aromatic rings. The first kappa shape index (κ1) is 38.9. The van der Waals surface area contributed by atoms with Crippen molar-refractivity contribution in [3.63, 3.8) is 0 Å². The van der Waals surface area contributed by atoms with Crippen LogP contribution in [0.2, 0.25) is 0 Å². The fourth-order valence-electron chi connectivity index (χ4n) is 8.39. The van der Waals surface area contributed by atoms with Gasteiger partial charge in [0.1, 0.15) is 11.8 Å². The van der Waals surface area contributed by atoms with Crippen molar-refractivity contribution in [3.05, 3.63) is 73.8 Å².